The number of rotatable bonds is 4. The Balaban J connectivity index is 2.61. The number of hydrogen-bond donors (Lipinski definition) is 0. The monoisotopic (exact) mass is 337 g/mol. The highest BCUT2D eigenvalue weighted by Gasteiger charge is 2.39. The first-order chi connectivity index (χ1) is 11.2. The number of ether oxygens (including phenoxy) is 2. The van der Waals surface area contributed by atoms with Gasteiger partial charge in [0.1, 0.15) is 0 Å². The lowest BCUT2D eigenvalue weighted by molar-refractivity contribution is 0.0319. The molecule has 1 aliphatic rings. The molecule has 1 aromatic rings. The predicted molar refractivity (Wildman–Crippen MR) is 88.3 cm³/mol. The molecule has 9 nitrogen and oxygen atoms in total. The van der Waals surface area contributed by atoms with E-state index < -0.39 is 29.4 Å². The molecule has 1 aromatic heterocycles. The van der Waals surface area contributed by atoms with Gasteiger partial charge in [-0.3, -0.25) is 13.9 Å². The van der Waals surface area contributed by atoms with E-state index in [9.17, 15) is 9.59 Å². The average molecular weight is 337 g/mol. The summed E-state index contributed by atoms with van der Waals surface area (Å²) in [6, 6.07) is -1.07. The summed E-state index contributed by atoms with van der Waals surface area (Å²) in [5, 5.41) is 3.79. The van der Waals surface area contributed by atoms with E-state index in [1.807, 2.05) is 0 Å². The van der Waals surface area contributed by atoms with Crippen LogP contribution in [0.3, 0.4) is 0 Å². The van der Waals surface area contributed by atoms with E-state index in [1.54, 1.807) is 27.7 Å². The van der Waals surface area contributed by atoms with Gasteiger partial charge in [-0.15, -0.1) is 0 Å². The number of methoxy groups -OCH3 is 1. The van der Waals surface area contributed by atoms with Crippen molar-refractivity contribution in [2.75, 3.05) is 20.3 Å². The number of aromatic nitrogens is 2. The molecule has 0 N–H and O–H groups in total. The Bertz CT molecular complexity index is 770. The van der Waals surface area contributed by atoms with E-state index in [2.05, 4.69) is 10.0 Å². The van der Waals surface area contributed by atoms with E-state index in [1.165, 1.54) is 22.4 Å². The van der Waals surface area contributed by atoms with Crippen molar-refractivity contribution in [3.63, 3.8) is 0 Å². The van der Waals surface area contributed by atoms with Gasteiger partial charge in [0.2, 0.25) is 0 Å². The Labute approximate surface area is 139 Å². The van der Waals surface area contributed by atoms with Crippen LogP contribution >= 0.6 is 0 Å². The molecule has 2 heterocycles. The lowest BCUT2D eigenvalue weighted by atomic mass is 10.1. The van der Waals surface area contributed by atoms with Gasteiger partial charge in [-0.05, 0) is 33.2 Å². The number of aryl methyl sites for hydroxylation is 1. The Morgan fingerprint density at radius 1 is 1.46 bits per heavy atom. The van der Waals surface area contributed by atoms with Crippen molar-refractivity contribution in [1.82, 2.24) is 9.13 Å². The topological polar surface area (TPSA) is 111 Å². The summed E-state index contributed by atoms with van der Waals surface area (Å²) in [7, 11) is 1.53. The van der Waals surface area contributed by atoms with Crippen LogP contribution < -0.4 is 11.2 Å². The molecule has 0 spiro atoms. The van der Waals surface area contributed by atoms with Crippen LogP contribution in [0, 0.1) is 6.92 Å². The van der Waals surface area contributed by atoms with Gasteiger partial charge in [-0.25, -0.2) is 4.79 Å². The smallest absolute Gasteiger partial charge is 0.331 e. The second-order valence-electron chi connectivity index (χ2n) is 6.90. The lowest BCUT2D eigenvalue weighted by Gasteiger charge is -2.26. The van der Waals surface area contributed by atoms with Crippen LogP contribution in [0.25, 0.3) is 10.4 Å². The van der Waals surface area contributed by atoms with Crippen molar-refractivity contribution < 1.29 is 9.47 Å². The summed E-state index contributed by atoms with van der Waals surface area (Å²) in [4.78, 5) is 28.2. The summed E-state index contributed by atoms with van der Waals surface area (Å²) in [5.41, 5.74) is 7.86. The second-order valence-corrected chi connectivity index (χ2v) is 6.90. The van der Waals surface area contributed by atoms with Gasteiger partial charge in [0.15, 0.2) is 0 Å². The lowest BCUT2D eigenvalue weighted by Crippen LogP contribution is -2.50. The molecule has 132 valence electrons. The average Bonchev–Trinajstić information content (AvgIpc) is 2.85. The summed E-state index contributed by atoms with van der Waals surface area (Å²) < 4.78 is 13.4. The van der Waals surface area contributed by atoms with E-state index in [-0.39, 0.29) is 18.8 Å². The van der Waals surface area contributed by atoms with Gasteiger partial charge in [-0.2, -0.15) is 0 Å². The molecule has 1 aliphatic heterocycles. The van der Waals surface area contributed by atoms with Gasteiger partial charge >= 0.3 is 5.69 Å². The third kappa shape index (κ3) is 3.24. The molecule has 0 saturated carbocycles. The SMILES string of the molecule is COC[C@H]1OCC(n2cc(C)c(=O)n(C(C)(C)C)c2=O)C1N=[N+]=[N-]. The second kappa shape index (κ2) is 6.80. The van der Waals surface area contributed by atoms with Gasteiger partial charge in [0, 0.05) is 29.3 Å². The highest BCUT2D eigenvalue weighted by atomic mass is 16.5. The molecule has 0 bridgehead atoms. The molecule has 0 aliphatic carbocycles. The van der Waals surface area contributed by atoms with Crippen LogP contribution in [0.1, 0.15) is 32.4 Å². The van der Waals surface area contributed by atoms with E-state index in [4.69, 9.17) is 15.0 Å². The number of nitrogens with zero attached hydrogens (tertiary/aromatic N) is 5. The van der Waals surface area contributed by atoms with E-state index in [0.29, 0.717) is 5.56 Å². The van der Waals surface area contributed by atoms with Crippen molar-refractivity contribution in [3.8, 4) is 0 Å². The maximum absolute atomic E-state index is 12.9. The fraction of sp³-hybridized carbons (Fsp3) is 0.733. The maximum atomic E-state index is 12.9. The first-order valence-electron chi connectivity index (χ1n) is 7.72. The van der Waals surface area contributed by atoms with Gasteiger partial charge < -0.3 is 9.47 Å². The summed E-state index contributed by atoms with van der Waals surface area (Å²) in [6.45, 7) is 7.51. The third-order valence-corrected chi connectivity index (χ3v) is 4.09. The van der Waals surface area contributed by atoms with Crippen LogP contribution in [0.2, 0.25) is 0 Å². The molecule has 2 unspecified atom stereocenters. The van der Waals surface area contributed by atoms with Crippen molar-refractivity contribution >= 4 is 0 Å². The van der Waals surface area contributed by atoms with Gasteiger partial charge in [0.25, 0.3) is 5.56 Å². The highest BCUT2D eigenvalue weighted by Crippen LogP contribution is 2.27. The highest BCUT2D eigenvalue weighted by molar-refractivity contribution is 5.08. The normalized spacial score (nSPS) is 24.0. The van der Waals surface area contributed by atoms with Gasteiger partial charge in [0.05, 0.1) is 31.4 Å². The minimum Gasteiger partial charge on any atom is -0.382 e. The van der Waals surface area contributed by atoms with Crippen LogP contribution in [0.5, 0.6) is 0 Å². The fourth-order valence-electron chi connectivity index (χ4n) is 2.96. The van der Waals surface area contributed by atoms with E-state index >= 15 is 0 Å². The first kappa shape index (κ1) is 18.3. The van der Waals surface area contributed by atoms with Crippen molar-refractivity contribution in [3.05, 3.63) is 43.0 Å². The van der Waals surface area contributed by atoms with Crippen molar-refractivity contribution in [2.24, 2.45) is 5.11 Å². The Morgan fingerprint density at radius 3 is 2.67 bits per heavy atom. The minimum absolute atomic E-state index is 0.208. The predicted octanol–water partition coefficient (Wildman–Crippen LogP) is 1.34. The van der Waals surface area contributed by atoms with Crippen molar-refractivity contribution in [1.29, 1.82) is 0 Å². The van der Waals surface area contributed by atoms with Crippen molar-refractivity contribution in [2.45, 2.75) is 51.4 Å². The molecule has 0 radical (unpaired) electrons. The molecule has 2 rings (SSSR count). The van der Waals surface area contributed by atoms with Crippen LogP contribution in [-0.4, -0.2) is 41.6 Å². The molecule has 0 amide bonds. The molecule has 24 heavy (non-hydrogen) atoms. The molecular formula is C15H23N5O4. The number of azide groups is 1. The Kier molecular flexibility index (Phi) is 5.17. The zero-order valence-electron chi connectivity index (χ0n) is 14.6. The fourth-order valence-corrected chi connectivity index (χ4v) is 2.96. The summed E-state index contributed by atoms with van der Waals surface area (Å²) in [6.07, 6.45) is 1.08. The molecule has 9 heteroatoms. The Hall–Kier alpha value is -2.09. The molecular weight excluding hydrogens is 314 g/mol. The summed E-state index contributed by atoms with van der Waals surface area (Å²) >= 11 is 0. The zero-order valence-corrected chi connectivity index (χ0v) is 14.6. The van der Waals surface area contributed by atoms with Gasteiger partial charge in [-0.1, -0.05) is 5.11 Å². The Morgan fingerprint density at radius 2 is 2.12 bits per heavy atom. The third-order valence-electron chi connectivity index (χ3n) is 4.09. The minimum atomic E-state index is -0.665. The van der Waals surface area contributed by atoms with Crippen LogP contribution in [-0.2, 0) is 15.0 Å². The van der Waals surface area contributed by atoms with E-state index in [0.717, 1.165) is 0 Å². The number of hydrogen-bond acceptors (Lipinski definition) is 5. The first-order valence-corrected chi connectivity index (χ1v) is 7.72. The standard InChI is InChI=1S/C15H23N5O4/c1-9-6-19(14(22)20(13(9)21)15(2,3)4)10-7-24-11(8-23-5)12(10)17-18-16/h6,10-12H,7-8H2,1-5H3/t10?,11-,12?/m1/s1. The zero-order chi connectivity index (χ0) is 18.1. The van der Waals surface area contributed by atoms with Crippen LogP contribution in [0.15, 0.2) is 20.9 Å². The molecule has 1 fully saturated rings. The largest absolute Gasteiger partial charge is 0.382 e. The summed E-state index contributed by atoms with van der Waals surface area (Å²) in [5.74, 6) is 0. The maximum Gasteiger partial charge on any atom is 0.331 e. The molecule has 3 atom stereocenters. The van der Waals surface area contributed by atoms with Crippen LogP contribution in [0.4, 0.5) is 0 Å². The molecule has 1 saturated heterocycles. The molecule has 0 aromatic carbocycles. The quantitative estimate of drug-likeness (QED) is 0.469.